The molecule has 1 aromatic rings. The van der Waals surface area contributed by atoms with E-state index < -0.39 is 18.1 Å². The molecule has 0 aromatic heterocycles. The van der Waals surface area contributed by atoms with E-state index in [2.05, 4.69) is 15.5 Å². The molecule has 2 rings (SSSR count). The molecule has 9 heteroatoms. The van der Waals surface area contributed by atoms with Gasteiger partial charge in [0, 0.05) is 13.1 Å². The van der Waals surface area contributed by atoms with E-state index in [4.69, 9.17) is 16.5 Å². The Morgan fingerprint density at radius 3 is 2.43 bits per heavy atom. The largest absolute Gasteiger partial charge is 0.497 e. The molecule has 0 spiro atoms. The van der Waals surface area contributed by atoms with E-state index in [1.807, 2.05) is 38.1 Å². The van der Waals surface area contributed by atoms with Gasteiger partial charge in [-0.05, 0) is 55.2 Å². The van der Waals surface area contributed by atoms with Crippen LogP contribution in [-0.4, -0.2) is 54.4 Å². The molecular formula is C21H31ClN4O4. The zero-order valence-corrected chi connectivity index (χ0v) is 18.7. The van der Waals surface area contributed by atoms with Gasteiger partial charge in [0.25, 0.3) is 0 Å². The van der Waals surface area contributed by atoms with Gasteiger partial charge < -0.3 is 20.3 Å². The van der Waals surface area contributed by atoms with Crippen molar-refractivity contribution in [1.82, 2.24) is 20.4 Å². The zero-order valence-electron chi connectivity index (χ0n) is 17.9. The summed E-state index contributed by atoms with van der Waals surface area (Å²) in [6, 6.07) is 5.53. The van der Waals surface area contributed by atoms with Crippen molar-refractivity contribution in [2.75, 3.05) is 13.7 Å². The smallest absolute Gasteiger partial charge is 0.246 e. The molecule has 3 amide bonds. The van der Waals surface area contributed by atoms with Crippen molar-refractivity contribution in [3.63, 3.8) is 0 Å². The summed E-state index contributed by atoms with van der Waals surface area (Å²) in [4.78, 5) is 42.1. The molecule has 30 heavy (non-hydrogen) atoms. The Hall–Kier alpha value is -2.32. The minimum atomic E-state index is -0.722. The summed E-state index contributed by atoms with van der Waals surface area (Å²) < 4.78 is 5.13. The molecule has 1 heterocycles. The number of carbonyl (C=O) groups excluding carboxylic acids is 3. The topological polar surface area (TPSA) is 99.8 Å². The number of amides is 3. The van der Waals surface area contributed by atoms with Gasteiger partial charge in [-0.3, -0.25) is 14.4 Å². The molecule has 1 saturated heterocycles. The fourth-order valence-corrected chi connectivity index (χ4v) is 3.47. The molecular weight excluding hydrogens is 408 g/mol. The summed E-state index contributed by atoms with van der Waals surface area (Å²) in [5, 5.41) is 5.66. The van der Waals surface area contributed by atoms with Crippen LogP contribution in [0.3, 0.4) is 0 Å². The molecule has 8 nitrogen and oxygen atoms in total. The van der Waals surface area contributed by atoms with E-state index in [0.29, 0.717) is 19.5 Å². The number of likely N-dealkylation sites (tertiary alicyclic amines) is 1. The third-order valence-electron chi connectivity index (χ3n) is 5.25. The lowest BCUT2D eigenvalue weighted by Crippen LogP contribution is -2.56. The minimum Gasteiger partial charge on any atom is -0.497 e. The van der Waals surface area contributed by atoms with Gasteiger partial charge in [-0.25, -0.2) is 4.84 Å². The molecule has 3 atom stereocenters. The van der Waals surface area contributed by atoms with Crippen LogP contribution in [0.5, 0.6) is 5.75 Å². The maximum atomic E-state index is 13.2. The van der Waals surface area contributed by atoms with Gasteiger partial charge in [-0.1, -0.05) is 26.0 Å². The number of ether oxygens (including phenoxy) is 1. The summed E-state index contributed by atoms with van der Waals surface area (Å²) >= 11 is 5.52. The first-order chi connectivity index (χ1) is 14.3. The van der Waals surface area contributed by atoms with Crippen molar-refractivity contribution in [2.45, 2.75) is 58.3 Å². The second-order valence-electron chi connectivity index (χ2n) is 7.82. The Kier molecular flexibility index (Phi) is 8.92. The second-order valence-corrected chi connectivity index (χ2v) is 8.03. The highest BCUT2D eigenvalue weighted by Gasteiger charge is 2.38. The maximum absolute atomic E-state index is 13.2. The van der Waals surface area contributed by atoms with Crippen LogP contribution in [0.1, 0.15) is 39.2 Å². The van der Waals surface area contributed by atoms with Gasteiger partial charge >= 0.3 is 0 Å². The predicted octanol–water partition coefficient (Wildman–Crippen LogP) is 1.58. The van der Waals surface area contributed by atoms with E-state index in [1.54, 1.807) is 18.9 Å². The number of hydrogen-bond donors (Lipinski definition) is 3. The molecule has 1 aliphatic heterocycles. The Balaban J connectivity index is 2.01. The van der Waals surface area contributed by atoms with Crippen molar-refractivity contribution in [2.24, 2.45) is 5.92 Å². The molecule has 1 aromatic carbocycles. The quantitative estimate of drug-likeness (QED) is 0.508. The molecule has 3 N–H and O–H groups in total. The van der Waals surface area contributed by atoms with E-state index in [1.165, 1.54) is 0 Å². The number of methoxy groups -OCH3 is 1. The van der Waals surface area contributed by atoms with Gasteiger partial charge in [-0.15, -0.1) is 0 Å². The summed E-state index contributed by atoms with van der Waals surface area (Å²) in [5.74, 6) is -0.189. The second kappa shape index (κ2) is 11.2. The van der Waals surface area contributed by atoms with Crippen LogP contribution in [0.4, 0.5) is 0 Å². The molecule has 166 valence electrons. The number of benzene rings is 1. The molecule has 0 saturated carbocycles. The number of nitrogens with zero attached hydrogens (tertiary/aromatic N) is 1. The minimum absolute atomic E-state index is 0.132. The fraction of sp³-hybridized carbons (Fsp3) is 0.571. The average Bonchev–Trinajstić information content (AvgIpc) is 3.24. The summed E-state index contributed by atoms with van der Waals surface area (Å²) in [6.07, 6.45) is 1.34. The SMILES string of the molecule is COc1ccc(CNC(=O)C2CCCN2C(=O)C(NC(=O)C(C)NCl)C(C)C)cc1. The van der Waals surface area contributed by atoms with Crippen LogP contribution in [0.15, 0.2) is 24.3 Å². The number of hydrogen-bond acceptors (Lipinski definition) is 5. The summed E-state index contributed by atoms with van der Waals surface area (Å²) in [7, 11) is 1.60. The van der Waals surface area contributed by atoms with Crippen LogP contribution in [0.2, 0.25) is 0 Å². The monoisotopic (exact) mass is 438 g/mol. The summed E-state index contributed by atoms with van der Waals surface area (Å²) in [6.45, 7) is 6.18. The number of carbonyl (C=O) groups is 3. The van der Waals surface area contributed by atoms with Crippen LogP contribution in [-0.2, 0) is 20.9 Å². The molecule has 1 aliphatic rings. The Morgan fingerprint density at radius 1 is 1.20 bits per heavy atom. The zero-order chi connectivity index (χ0) is 22.3. The molecule has 0 bridgehead atoms. The van der Waals surface area contributed by atoms with Crippen molar-refractivity contribution in [1.29, 1.82) is 0 Å². The Morgan fingerprint density at radius 2 is 1.87 bits per heavy atom. The highest BCUT2D eigenvalue weighted by atomic mass is 35.5. The van der Waals surface area contributed by atoms with Crippen molar-refractivity contribution < 1.29 is 19.1 Å². The van der Waals surface area contributed by atoms with E-state index in [9.17, 15) is 14.4 Å². The normalized spacial score (nSPS) is 18.1. The van der Waals surface area contributed by atoms with E-state index in [0.717, 1.165) is 17.7 Å². The maximum Gasteiger partial charge on any atom is 0.246 e. The lowest BCUT2D eigenvalue weighted by molar-refractivity contribution is -0.142. The summed E-state index contributed by atoms with van der Waals surface area (Å²) in [5.41, 5.74) is 0.940. The van der Waals surface area contributed by atoms with Crippen molar-refractivity contribution in [3.05, 3.63) is 29.8 Å². The third kappa shape index (κ3) is 6.09. The van der Waals surface area contributed by atoms with Crippen LogP contribution in [0, 0.1) is 5.92 Å². The first-order valence-electron chi connectivity index (χ1n) is 10.2. The van der Waals surface area contributed by atoms with Crippen LogP contribution >= 0.6 is 11.8 Å². The van der Waals surface area contributed by atoms with Gasteiger partial charge in [-0.2, -0.15) is 0 Å². The van der Waals surface area contributed by atoms with E-state index >= 15 is 0 Å². The van der Waals surface area contributed by atoms with Crippen molar-refractivity contribution >= 4 is 29.5 Å². The third-order valence-corrected chi connectivity index (χ3v) is 5.58. The molecule has 0 radical (unpaired) electrons. The van der Waals surface area contributed by atoms with Gasteiger partial charge in [0.05, 0.1) is 13.2 Å². The predicted molar refractivity (Wildman–Crippen MR) is 115 cm³/mol. The van der Waals surface area contributed by atoms with Gasteiger partial charge in [0.15, 0.2) is 0 Å². The Labute approximate surface area is 182 Å². The van der Waals surface area contributed by atoms with E-state index in [-0.39, 0.29) is 23.6 Å². The highest BCUT2D eigenvalue weighted by Crippen LogP contribution is 2.21. The Bertz CT molecular complexity index is 741. The fourth-order valence-electron chi connectivity index (χ4n) is 3.37. The molecule has 3 unspecified atom stereocenters. The number of rotatable bonds is 9. The van der Waals surface area contributed by atoms with Crippen molar-refractivity contribution in [3.8, 4) is 5.75 Å². The standard InChI is InChI=1S/C21H31ClN4O4/c1-13(2)18(24-19(27)14(3)25-22)21(29)26-11-5-6-17(26)20(28)23-12-15-7-9-16(30-4)10-8-15/h7-10,13-14,17-18,25H,5-6,11-12H2,1-4H3,(H,23,28)(H,24,27). The molecule has 0 aliphatic carbocycles. The lowest BCUT2D eigenvalue weighted by Gasteiger charge is -2.31. The number of nitrogens with one attached hydrogen (secondary N) is 3. The van der Waals surface area contributed by atoms with Crippen LogP contribution in [0.25, 0.3) is 0 Å². The molecule has 1 fully saturated rings. The first-order valence-corrected chi connectivity index (χ1v) is 10.5. The van der Waals surface area contributed by atoms with Gasteiger partial charge in [0.1, 0.15) is 17.8 Å². The average molecular weight is 439 g/mol. The highest BCUT2D eigenvalue weighted by molar-refractivity contribution is 6.15. The number of halogens is 1. The van der Waals surface area contributed by atoms with Gasteiger partial charge in [0.2, 0.25) is 17.7 Å². The van der Waals surface area contributed by atoms with Crippen LogP contribution < -0.4 is 20.2 Å². The lowest BCUT2D eigenvalue weighted by atomic mass is 10.0. The first kappa shape index (κ1) is 24.0.